The number of hydrogen-bond acceptors (Lipinski definition) is 3. The summed E-state index contributed by atoms with van der Waals surface area (Å²) in [6, 6.07) is 7.50. The van der Waals surface area contributed by atoms with Crippen molar-refractivity contribution in [2.45, 2.75) is 38.6 Å². The van der Waals surface area contributed by atoms with Gasteiger partial charge < -0.3 is 9.42 Å². The molecule has 116 valence electrons. The van der Waals surface area contributed by atoms with Gasteiger partial charge in [-0.1, -0.05) is 18.0 Å². The van der Waals surface area contributed by atoms with Crippen LogP contribution in [-0.2, 0) is 0 Å². The number of carbonyl (C=O) groups excluding carboxylic acids is 1. The quantitative estimate of drug-likeness (QED) is 0.845. The van der Waals surface area contributed by atoms with Gasteiger partial charge in [0.25, 0.3) is 5.91 Å². The second-order valence-electron chi connectivity index (χ2n) is 5.74. The molecule has 1 aromatic carbocycles. The maximum absolute atomic E-state index is 13.1. The summed E-state index contributed by atoms with van der Waals surface area (Å²) in [5.74, 6) is 0.311. The zero-order chi connectivity index (χ0) is 15.5. The van der Waals surface area contributed by atoms with E-state index in [0.717, 1.165) is 37.1 Å². The molecular weight excluding hydrogens is 283 g/mol. The molecule has 1 aliphatic rings. The summed E-state index contributed by atoms with van der Waals surface area (Å²) < 4.78 is 18.4. The van der Waals surface area contributed by atoms with Gasteiger partial charge in [0.05, 0.1) is 11.7 Å². The number of halogens is 1. The molecule has 0 radical (unpaired) electrons. The Morgan fingerprint density at radius 2 is 2.05 bits per heavy atom. The minimum Gasteiger partial charge on any atom is -0.359 e. The number of carbonyl (C=O) groups is 1. The van der Waals surface area contributed by atoms with Gasteiger partial charge in [-0.15, -0.1) is 0 Å². The van der Waals surface area contributed by atoms with Crippen molar-refractivity contribution in [1.82, 2.24) is 10.1 Å². The van der Waals surface area contributed by atoms with Crippen molar-refractivity contribution in [1.29, 1.82) is 0 Å². The molecule has 0 bridgehead atoms. The molecule has 3 rings (SSSR count). The lowest BCUT2D eigenvalue weighted by molar-refractivity contribution is 0.0651. The van der Waals surface area contributed by atoms with Crippen LogP contribution in [0.25, 0.3) is 0 Å². The second kappa shape index (κ2) is 6.30. The number of nitrogens with zero attached hydrogens (tertiary/aromatic N) is 2. The van der Waals surface area contributed by atoms with E-state index in [1.54, 1.807) is 0 Å². The Labute approximate surface area is 128 Å². The molecule has 22 heavy (non-hydrogen) atoms. The van der Waals surface area contributed by atoms with Crippen LogP contribution in [-0.4, -0.2) is 22.5 Å². The molecule has 1 amide bonds. The lowest BCUT2D eigenvalue weighted by Crippen LogP contribution is -2.34. The first kappa shape index (κ1) is 14.8. The SMILES string of the molecule is Cc1cc(C2CCCCCN2C(=O)c2ccc(F)cc2)on1. The second-order valence-corrected chi connectivity index (χ2v) is 5.74. The third-order valence-electron chi connectivity index (χ3n) is 4.08. The van der Waals surface area contributed by atoms with Crippen LogP contribution in [0.5, 0.6) is 0 Å². The molecule has 1 saturated heterocycles. The molecular formula is C17H19FN2O2. The molecule has 0 spiro atoms. The Hall–Kier alpha value is -2.17. The molecule has 1 fully saturated rings. The number of aryl methyl sites for hydroxylation is 1. The zero-order valence-corrected chi connectivity index (χ0v) is 12.6. The van der Waals surface area contributed by atoms with E-state index in [9.17, 15) is 9.18 Å². The van der Waals surface area contributed by atoms with Gasteiger partial charge in [-0.05, 0) is 44.0 Å². The summed E-state index contributed by atoms with van der Waals surface area (Å²) in [5, 5.41) is 3.94. The smallest absolute Gasteiger partial charge is 0.254 e. The average Bonchev–Trinajstić information content (AvgIpc) is 2.81. The highest BCUT2D eigenvalue weighted by molar-refractivity contribution is 5.94. The van der Waals surface area contributed by atoms with Gasteiger partial charge in [-0.3, -0.25) is 4.79 Å². The van der Waals surface area contributed by atoms with Crippen molar-refractivity contribution in [3.8, 4) is 0 Å². The summed E-state index contributed by atoms with van der Waals surface area (Å²) in [6.07, 6.45) is 3.98. The van der Waals surface area contributed by atoms with Crippen molar-refractivity contribution in [2.75, 3.05) is 6.54 Å². The van der Waals surface area contributed by atoms with Crippen LogP contribution < -0.4 is 0 Å². The molecule has 1 atom stereocenters. The van der Waals surface area contributed by atoms with E-state index < -0.39 is 0 Å². The van der Waals surface area contributed by atoms with Crippen LogP contribution in [0.15, 0.2) is 34.9 Å². The van der Waals surface area contributed by atoms with Gasteiger partial charge in [0.2, 0.25) is 0 Å². The summed E-state index contributed by atoms with van der Waals surface area (Å²) in [6.45, 7) is 2.55. The van der Waals surface area contributed by atoms with Gasteiger partial charge in [0, 0.05) is 18.2 Å². The monoisotopic (exact) mass is 302 g/mol. The summed E-state index contributed by atoms with van der Waals surface area (Å²) >= 11 is 0. The molecule has 2 aromatic rings. The van der Waals surface area contributed by atoms with E-state index in [4.69, 9.17) is 4.52 Å². The van der Waals surface area contributed by atoms with Crippen molar-refractivity contribution >= 4 is 5.91 Å². The third kappa shape index (κ3) is 3.03. The molecule has 2 heterocycles. The predicted octanol–water partition coefficient (Wildman–Crippen LogP) is 3.88. The molecule has 5 heteroatoms. The highest BCUT2D eigenvalue weighted by Crippen LogP contribution is 2.31. The number of aromatic nitrogens is 1. The average molecular weight is 302 g/mol. The Morgan fingerprint density at radius 3 is 2.73 bits per heavy atom. The fourth-order valence-electron chi connectivity index (χ4n) is 2.95. The predicted molar refractivity (Wildman–Crippen MR) is 79.9 cm³/mol. The van der Waals surface area contributed by atoms with Crippen LogP contribution in [0.2, 0.25) is 0 Å². The maximum Gasteiger partial charge on any atom is 0.254 e. The Kier molecular flexibility index (Phi) is 4.22. The van der Waals surface area contributed by atoms with Gasteiger partial charge in [0.15, 0.2) is 5.76 Å². The summed E-state index contributed by atoms with van der Waals surface area (Å²) in [4.78, 5) is 14.6. The van der Waals surface area contributed by atoms with Gasteiger partial charge in [0.1, 0.15) is 5.82 Å². The largest absolute Gasteiger partial charge is 0.359 e. The van der Waals surface area contributed by atoms with Crippen LogP contribution in [0.3, 0.4) is 0 Å². The van der Waals surface area contributed by atoms with Crippen LogP contribution in [0, 0.1) is 12.7 Å². The molecule has 1 unspecified atom stereocenters. The number of hydrogen-bond donors (Lipinski definition) is 0. The molecule has 0 N–H and O–H groups in total. The normalized spacial score (nSPS) is 19.0. The van der Waals surface area contributed by atoms with Crippen LogP contribution in [0.1, 0.15) is 53.5 Å². The van der Waals surface area contributed by atoms with E-state index in [1.165, 1.54) is 24.3 Å². The van der Waals surface area contributed by atoms with E-state index >= 15 is 0 Å². The topological polar surface area (TPSA) is 46.3 Å². The standard InChI is InChI=1S/C17H19FN2O2/c1-12-11-16(22-19-12)15-5-3-2-4-10-20(15)17(21)13-6-8-14(18)9-7-13/h6-9,11,15H,2-5,10H2,1H3. The van der Waals surface area contributed by atoms with Crippen LogP contribution in [0.4, 0.5) is 4.39 Å². The minimum atomic E-state index is -0.338. The highest BCUT2D eigenvalue weighted by Gasteiger charge is 2.30. The molecule has 0 aliphatic carbocycles. The maximum atomic E-state index is 13.1. The lowest BCUT2D eigenvalue weighted by atomic mass is 10.1. The number of likely N-dealkylation sites (tertiary alicyclic amines) is 1. The van der Waals surface area contributed by atoms with E-state index in [2.05, 4.69) is 5.16 Å². The first-order valence-corrected chi connectivity index (χ1v) is 7.65. The van der Waals surface area contributed by atoms with E-state index in [0.29, 0.717) is 12.1 Å². The first-order valence-electron chi connectivity index (χ1n) is 7.65. The molecule has 0 saturated carbocycles. The Morgan fingerprint density at radius 1 is 1.27 bits per heavy atom. The Balaban J connectivity index is 1.89. The van der Waals surface area contributed by atoms with Crippen molar-refractivity contribution in [2.24, 2.45) is 0 Å². The molecule has 1 aromatic heterocycles. The molecule has 1 aliphatic heterocycles. The van der Waals surface area contributed by atoms with E-state index in [-0.39, 0.29) is 17.8 Å². The Bertz CT molecular complexity index is 651. The number of benzene rings is 1. The van der Waals surface area contributed by atoms with Gasteiger partial charge in [-0.25, -0.2) is 4.39 Å². The fraction of sp³-hybridized carbons (Fsp3) is 0.412. The number of rotatable bonds is 2. The van der Waals surface area contributed by atoms with Gasteiger partial charge in [-0.2, -0.15) is 0 Å². The third-order valence-corrected chi connectivity index (χ3v) is 4.08. The fourth-order valence-corrected chi connectivity index (χ4v) is 2.95. The van der Waals surface area contributed by atoms with E-state index in [1.807, 2.05) is 17.9 Å². The van der Waals surface area contributed by atoms with Gasteiger partial charge >= 0.3 is 0 Å². The summed E-state index contributed by atoms with van der Waals surface area (Å²) in [7, 11) is 0. The lowest BCUT2D eigenvalue weighted by Gasteiger charge is -2.28. The highest BCUT2D eigenvalue weighted by atomic mass is 19.1. The zero-order valence-electron chi connectivity index (χ0n) is 12.6. The summed E-state index contributed by atoms with van der Waals surface area (Å²) in [5.41, 5.74) is 1.32. The first-order chi connectivity index (χ1) is 10.6. The van der Waals surface area contributed by atoms with Crippen molar-refractivity contribution in [3.05, 3.63) is 53.2 Å². The number of amides is 1. The van der Waals surface area contributed by atoms with Crippen molar-refractivity contribution < 1.29 is 13.7 Å². The molecule has 4 nitrogen and oxygen atoms in total. The van der Waals surface area contributed by atoms with Crippen LogP contribution >= 0.6 is 0 Å². The van der Waals surface area contributed by atoms with Crippen molar-refractivity contribution in [3.63, 3.8) is 0 Å². The minimum absolute atomic E-state index is 0.0825.